The van der Waals surface area contributed by atoms with Gasteiger partial charge in [-0.05, 0) is 6.07 Å². The van der Waals surface area contributed by atoms with Crippen molar-refractivity contribution >= 4 is 21.7 Å². The molecule has 0 aromatic heterocycles. The van der Waals surface area contributed by atoms with Crippen molar-refractivity contribution in [1.29, 1.82) is 0 Å². The van der Waals surface area contributed by atoms with Crippen LogP contribution in [0.2, 0.25) is 5.02 Å². The van der Waals surface area contributed by atoms with Crippen molar-refractivity contribution in [3.05, 3.63) is 34.9 Å². The van der Waals surface area contributed by atoms with Crippen LogP contribution in [0.15, 0.2) is 24.3 Å². The fourth-order valence-electron chi connectivity index (χ4n) is 1.02. The molecule has 0 radical (unpaired) electrons. The fourth-order valence-corrected chi connectivity index (χ4v) is 1.66. The normalized spacial score (nSPS) is 13.8. The van der Waals surface area contributed by atoms with E-state index >= 15 is 0 Å². The third kappa shape index (κ3) is 4.17. The first kappa shape index (κ1) is 12.4. The Morgan fingerprint density at radius 1 is 1.47 bits per heavy atom. The van der Waals surface area contributed by atoms with Gasteiger partial charge >= 0.3 is 0 Å². The van der Waals surface area contributed by atoms with E-state index in [0.717, 1.165) is 6.26 Å². The molecule has 1 aromatic carbocycles. The van der Waals surface area contributed by atoms with Crippen LogP contribution in [0.5, 0.6) is 0 Å². The Kier molecular flexibility index (Phi) is 4.10. The van der Waals surface area contributed by atoms with E-state index in [4.69, 9.17) is 11.6 Å². The maximum absolute atomic E-state index is 10.7. The number of benzene rings is 1. The van der Waals surface area contributed by atoms with Gasteiger partial charge in [-0.25, -0.2) is 0 Å². The van der Waals surface area contributed by atoms with Gasteiger partial charge in [-0.2, -0.15) is 8.42 Å². The van der Waals surface area contributed by atoms with Gasteiger partial charge in [0.1, 0.15) is 6.10 Å². The van der Waals surface area contributed by atoms with Gasteiger partial charge < -0.3 is 5.11 Å². The van der Waals surface area contributed by atoms with Gasteiger partial charge in [0, 0.05) is 10.6 Å². The fraction of sp³-hybridized carbons (Fsp3) is 0.333. The maximum atomic E-state index is 10.7. The predicted octanol–water partition coefficient (Wildman–Crippen LogP) is 1.35. The van der Waals surface area contributed by atoms with Crippen LogP contribution in [0.1, 0.15) is 11.7 Å². The molecule has 0 aliphatic carbocycles. The quantitative estimate of drug-likeness (QED) is 0.820. The highest BCUT2D eigenvalue weighted by atomic mass is 35.5. The molecule has 0 heterocycles. The molecule has 0 aliphatic heterocycles. The molecule has 0 amide bonds. The van der Waals surface area contributed by atoms with Crippen molar-refractivity contribution in [2.75, 3.05) is 12.9 Å². The Bertz CT molecular complexity index is 429. The summed E-state index contributed by atoms with van der Waals surface area (Å²) in [4.78, 5) is 0. The van der Waals surface area contributed by atoms with Gasteiger partial charge in [0.05, 0.1) is 12.9 Å². The van der Waals surface area contributed by atoms with Crippen LogP contribution in [0, 0.1) is 0 Å². The third-order valence-electron chi connectivity index (χ3n) is 1.70. The van der Waals surface area contributed by atoms with E-state index in [1.54, 1.807) is 24.3 Å². The molecule has 4 nitrogen and oxygen atoms in total. The molecule has 0 saturated carbocycles. The van der Waals surface area contributed by atoms with E-state index in [-0.39, 0.29) is 6.61 Å². The molecule has 1 rings (SSSR count). The van der Waals surface area contributed by atoms with Gasteiger partial charge in [-0.15, -0.1) is 0 Å². The minimum absolute atomic E-state index is 0.331. The molecular weight excluding hydrogens is 240 g/mol. The van der Waals surface area contributed by atoms with Crippen LogP contribution in [0.25, 0.3) is 0 Å². The summed E-state index contributed by atoms with van der Waals surface area (Å²) in [5.41, 5.74) is 0.447. The van der Waals surface area contributed by atoms with Gasteiger partial charge in [-0.1, -0.05) is 29.8 Å². The van der Waals surface area contributed by atoms with Crippen molar-refractivity contribution in [2.45, 2.75) is 6.10 Å². The Labute approximate surface area is 93.6 Å². The first-order valence-electron chi connectivity index (χ1n) is 4.17. The monoisotopic (exact) mass is 250 g/mol. The number of halogens is 1. The highest BCUT2D eigenvalue weighted by Gasteiger charge is 2.13. The molecule has 15 heavy (non-hydrogen) atoms. The van der Waals surface area contributed by atoms with Crippen molar-refractivity contribution in [1.82, 2.24) is 0 Å². The van der Waals surface area contributed by atoms with Crippen LogP contribution in [-0.2, 0) is 14.3 Å². The lowest BCUT2D eigenvalue weighted by Gasteiger charge is -2.11. The lowest BCUT2D eigenvalue weighted by atomic mass is 10.1. The summed E-state index contributed by atoms with van der Waals surface area (Å²) in [5, 5.41) is 9.97. The zero-order valence-corrected chi connectivity index (χ0v) is 9.62. The lowest BCUT2D eigenvalue weighted by molar-refractivity contribution is 0.112. The summed E-state index contributed by atoms with van der Waals surface area (Å²) in [6.07, 6.45) is -0.125. The van der Waals surface area contributed by atoms with E-state index in [9.17, 15) is 13.5 Å². The highest BCUT2D eigenvalue weighted by molar-refractivity contribution is 7.85. The van der Waals surface area contributed by atoms with Crippen molar-refractivity contribution in [3.8, 4) is 0 Å². The van der Waals surface area contributed by atoms with Gasteiger partial charge in [0.2, 0.25) is 0 Å². The van der Waals surface area contributed by atoms with Crippen LogP contribution in [-0.4, -0.2) is 26.4 Å². The molecule has 0 aliphatic rings. The summed E-state index contributed by atoms with van der Waals surface area (Å²) in [5.74, 6) is 0. The second kappa shape index (κ2) is 4.94. The SMILES string of the molecule is CS(=O)(=O)OC[C@H](O)c1ccccc1Cl. The number of hydrogen-bond donors (Lipinski definition) is 1. The molecule has 0 unspecified atom stereocenters. The molecule has 1 atom stereocenters. The van der Waals surface area contributed by atoms with E-state index in [0.29, 0.717) is 10.6 Å². The second-order valence-electron chi connectivity index (χ2n) is 3.03. The summed E-state index contributed by atoms with van der Waals surface area (Å²) in [7, 11) is -3.54. The molecule has 84 valence electrons. The standard InChI is InChI=1S/C9H11ClO4S/c1-15(12,13)14-6-9(11)7-4-2-3-5-8(7)10/h2-5,9,11H,6H2,1H3/t9-/m0/s1. The molecule has 6 heteroatoms. The Balaban J connectivity index is 2.70. The van der Waals surface area contributed by atoms with Crippen LogP contribution in [0.3, 0.4) is 0 Å². The zero-order valence-electron chi connectivity index (χ0n) is 8.05. The minimum Gasteiger partial charge on any atom is -0.386 e. The van der Waals surface area contributed by atoms with E-state index in [2.05, 4.69) is 4.18 Å². The molecule has 0 fully saturated rings. The number of aliphatic hydroxyl groups is 1. The molecule has 0 spiro atoms. The summed E-state index contributed by atoms with van der Waals surface area (Å²) in [6, 6.07) is 6.64. The Hall–Kier alpha value is -0.620. The molecule has 0 saturated heterocycles. The van der Waals surface area contributed by atoms with Crippen LogP contribution in [0.4, 0.5) is 0 Å². The van der Waals surface area contributed by atoms with E-state index in [1.165, 1.54) is 0 Å². The summed E-state index contributed by atoms with van der Waals surface area (Å²) >= 11 is 5.80. The van der Waals surface area contributed by atoms with Crippen molar-refractivity contribution < 1.29 is 17.7 Å². The zero-order chi connectivity index (χ0) is 11.5. The first-order valence-corrected chi connectivity index (χ1v) is 6.36. The van der Waals surface area contributed by atoms with Gasteiger partial charge in [0.25, 0.3) is 10.1 Å². The average Bonchev–Trinajstić information content (AvgIpc) is 2.14. The largest absolute Gasteiger partial charge is 0.386 e. The summed E-state index contributed by atoms with van der Waals surface area (Å²) in [6.45, 7) is -0.331. The molecule has 0 bridgehead atoms. The number of hydrogen-bond acceptors (Lipinski definition) is 4. The second-order valence-corrected chi connectivity index (χ2v) is 5.08. The highest BCUT2D eigenvalue weighted by Crippen LogP contribution is 2.22. The number of rotatable bonds is 4. The third-order valence-corrected chi connectivity index (χ3v) is 2.61. The van der Waals surface area contributed by atoms with Crippen molar-refractivity contribution in [3.63, 3.8) is 0 Å². The maximum Gasteiger partial charge on any atom is 0.264 e. The van der Waals surface area contributed by atoms with Crippen molar-refractivity contribution in [2.24, 2.45) is 0 Å². The van der Waals surface area contributed by atoms with Crippen LogP contribution >= 0.6 is 11.6 Å². The topological polar surface area (TPSA) is 63.6 Å². The van der Waals surface area contributed by atoms with Gasteiger partial charge in [-0.3, -0.25) is 4.18 Å². The molecular formula is C9H11ClO4S. The predicted molar refractivity (Wildman–Crippen MR) is 57.2 cm³/mol. The average molecular weight is 251 g/mol. The van der Waals surface area contributed by atoms with E-state index < -0.39 is 16.2 Å². The Morgan fingerprint density at radius 2 is 2.07 bits per heavy atom. The molecule has 1 aromatic rings. The smallest absolute Gasteiger partial charge is 0.264 e. The lowest BCUT2D eigenvalue weighted by Crippen LogP contribution is -2.12. The molecule has 1 N–H and O–H groups in total. The summed E-state index contributed by atoms with van der Waals surface area (Å²) < 4.78 is 25.8. The van der Waals surface area contributed by atoms with Gasteiger partial charge in [0.15, 0.2) is 0 Å². The first-order chi connectivity index (χ1) is 6.90. The minimum atomic E-state index is -3.54. The van der Waals surface area contributed by atoms with E-state index in [1.807, 2.05) is 0 Å². The Morgan fingerprint density at radius 3 is 2.60 bits per heavy atom. The van der Waals surface area contributed by atoms with Crippen LogP contribution < -0.4 is 0 Å². The number of aliphatic hydroxyl groups excluding tert-OH is 1.